The van der Waals surface area contributed by atoms with Crippen molar-refractivity contribution in [2.75, 3.05) is 32.3 Å². The summed E-state index contributed by atoms with van der Waals surface area (Å²) in [6.07, 6.45) is 8.01. The minimum atomic E-state index is -1.51. The molecule has 1 heterocycles. The van der Waals surface area contributed by atoms with E-state index < -0.39 is 29.4 Å². The van der Waals surface area contributed by atoms with Crippen molar-refractivity contribution in [2.24, 2.45) is 22.9 Å². The number of rotatable bonds is 20. The van der Waals surface area contributed by atoms with E-state index >= 15 is 0 Å². The van der Waals surface area contributed by atoms with Gasteiger partial charge in [0, 0.05) is 36.7 Å². The molecule has 2 N–H and O–H groups in total. The van der Waals surface area contributed by atoms with E-state index in [1.54, 1.807) is 29.2 Å². The van der Waals surface area contributed by atoms with Crippen molar-refractivity contribution in [3.63, 3.8) is 0 Å². The summed E-state index contributed by atoms with van der Waals surface area (Å²) < 4.78 is 41.6. The lowest BCUT2D eigenvalue weighted by Crippen LogP contribution is -2.70. The lowest BCUT2D eigenvalue weighted by atomic mass is 9.55. The minimum Gasteiger partial charge on any atom is -0.489 e. The molecule has 0 bridgehead atoms. The molecule has 0 saturated heterocycles. The van der Waals surface area contributed by atoms with Crippen LogP contribution in [-0.2, 0) is 27.5 Å². The molecule has 1 aliphatic heterocycles. The van der Waals surface area contributed by atoms with Gasteiger partial charge in [-0.1, -0.05) is 90.8 Å². The molecule has 0 aromatic heterocycles. The molecule has 2 aliphatic carbocycles. The molecule has 12 heteroatoms. The fraction of sp³-hybridized carbons (Fsp3) is 0.462. The largest absolute Gasteiger partial charge is 0.489 e. The number of fused-ring (bicyclic) bond motifs is 3. The van der Waals surface area contributed by atoms with E-state index in [2.05, 4.69) is 12.7 Å². The zero-order valence-corrected chi connectivity index (χ0v) is 38.0. The van der Waals surface area contributed by atoms with Gasteiger partial charge >= 0.3 is 6.09 Å². The first-order chi connectivity index (χ1) is 31.0. The average Bonchev–Trinajstić information content (AvgIpc) is 3.29. The van der Waals surface area contributed by atoms with Crippen LogP contribution < -0.4 is 9.47 Å². The predicted molar refractivity (Wildman–Crippen MR) is 248 cm³/mol. The number of allylic oxidation sites excluding steroid dienone is 1. The van der Waals surface area contributed by atoms with E-state index in [1.165, 1.54) is 6.07 Å². The molecule has 4 aromatic carbocycles. The number of nitrogens with zero attached hydrogens (tertiary/aromatic N) is 2. The molecule has 6 atom stereocenters. The van der Waals surface area contributed by atoms with Gasteiger partial charge in [-0.05, 0) is 104 Å². The zero-order valence-electron chi connectivity index (χ0n) is 37.2. The SMILES string of the molecule is C=CCO[C@@]12Oc3ccc(OCc4ccccc4F)cc3[C@H]3[C@H](CCCCO)[C@@H](CCCCO)C=C(C(=NOC(C)(C)C)C[C@@H]1N(Cc1cccc4ccccc14)C(=O)OCCCl)[C@H]32. The van der Waals surface area contributed by atoms with Crippen molar-refractivity contribution >= 4 is 34.2 Å². The smallest absolute Gasteiger partial charge is 0.410 e. The summed E-state index contributed by atoms with van der Waals surface area (Å²) in [7, 11) is 0. The Morgan fingerprint density at radius 2 is 1.72 bits per heavy atom. The Hall–Kier alpha value is -4.94. The lowest BCUT2D eigenvalue weighted by Gasteiger charge is -2.60. The number of hydrogen-bond donors (Lipinski definition) is 2. The Labute approximate surface area is 381 Å². The Morgan fingerprint density at radius 3 is 2.47 bits per heavy atom. The van der Waals surface area contributed by atoms with Crippen LogP contribution in [0.25, 0.3) is 10.8 Å². The van der Waals surface area contributed by atoms with Gasteiger partial charge in [-0.2, -0.15) is 0 Å². The van der Waals surface area contributed by atoms with Crippen molar-refractivity contribution in [3.05, 3.63) is 132 Å². The summed E-state index contributed by atoms with van der Waals surface area (Å²) in [5.41, 5.74) is 3.17. The normalized spacial score (nSPS) is 23.1. The molecule has 1 amide bonds. The molecular weight excluding hydrogens is 835 g/mol. The molecule has 3 aliphatic rings. The van der Waals surface area contributed by atoms with E-state index in [0.29, 0.717) is 35.6 Å². The summed E-state index contributed by atoms with van der Waals surface area (Å²) in [6, 6.07) is 25.6. The van der Waals surface area contributed by atoms with Crippen LogP contribution in [0.3, 0.4) is 0 Å². The Kier molecular flexibility index (Phi) is 15.7. The number of amides is 1. The number of unbranched alkanes of at least 4 members (excludes halogenated alkanes) is 2. The van der Waals surface area contributed by atoms with Crippen LogP contribution in [0.4, 0.5) is 9.18 Å². The van der Waals surface area contributed by atoms with Gasteiger partial charge < -0.3 is 34.0 Å². The number of ether oxygens (including phenoxy) is 4. The monoisotopic (exact) mass is 896 g/mol. The number of oxime groups is 1. The molecule has 64 heavy (non-hydrogen) atoms. The molecule has 1 fully saturated rings. The fourth-order valence-corrected chi connectivity index (χ4v) is 9.91. The summed E-state index contributed by atoms with van der Waals surface area (Å²) in [6.45, 7) is 10.3. The molecule has 0 spiro atoms. The highest BCUT2D eigenvalue weighted by atomic mass is 35.5. The van der Waals surface area contributed by atoms with Crippen LogP contribution in [0.5, 0.6) is 11.5 Å². The van der Waals surface area contributed by atoms with Gasteiger partial charge in [0.1, 0.15) is 42.2 Å². The second-order valence-electron chi connectivity index (χ2n) is 17.9. The maximum atomic E-state index is 14.8. The second-order valence-corrected chi connectivity index (χ2v) is 18.3. The summed E-state index contributed by atoms with van der Waals surface area (Å²) in [5, 5.41) is 26.9. The number of benzene rings is 4. The van der Waals surface area contributed by atoms with E-state index in [-0.39, 0.29) is 75.5 Å². The van der Waals surface area contributed by atoms with Crippen LogP contribution >= 0.6 is 11.6 Å². The number of carbonyl (C=O) groups is 1. The maximum Gasteiger partial charge on any atom is 0.410 e. The van der Waals surface area contributed by atoms with E-state index in [4.69, 9.17) is 40.5 Å². The Balaban J connectivity index is 1.47. The molecule has 342 valence electrons. The molecular formula is C52H62ClFN2O8. The quantitative estimate of drug-likeness (QED) is 0.0390. The van der Waals surface area contributed by atoms with Gasteiger partial charge in [-0.25, -0.2) is 9.18 Å². The number of aliphatic hydroxyl groups is 2. The molecule has 4 aromatic rings. The maximum absolute atomic E-state index is 14.8. The van der Waals surface area contributed by atoms with Crippen LogP contribution in [-0.4, -0.2) is 76.7 Å². The third-order valence-electron chi connectivity index (χ3n) is 12.6. The van der Waals surface area contributed by atoms with Crippen LogP contribution in [0.1, 0.15) is 88.3 Å². The van der Waals surface area contributed by atoms with Crippen LogP contribution in [0.2, 0.25) is 0 Å². The van der Waals surface area contributed by atoms with Crippen LogP contribution in [0.15, 0.2) is 114 Å². The minimum absolute atomic E-state index is 0.00609. The molecule has 0 unspecified atom stereocenters. The molecule has 7 rings (SSSR count). The van der Waals surface area contributed by atoms with E-state index in [1.807, 2.05) is 81.4 Å². The first kappa shape index (κ1) is 47.0. The van der Waals surface area contributed by atoms with Crippen molar-refractivity contribution in [3.8, 4) is 11.5 Å². The van der Waals surface area contributed by atoms with Crippen LogP contribution in [0, 0.1) is 23.6 Å². The third-order valence-corrected chi connectivity index (χ3v) is 12.7. The van der Waals surface area contributed by atoms with E-state index in [9.17, 15) is 19.4 Å². The van der Waals surface area contributed by atoms with Gasteiger partial charge in [0.05, 0.1) is 30.7 Å². The molecule has 0 radical (unpaired) electrons. The fourth-order valence-electron chi connectivity index (χ4n) is 9.83. The summed E-state index contributed by atoms with van der Waals surface area (Å²) in [5.74, 6) is -1.44. The lowest BCUT2D eigenvalue weighted by molar-refractivity contribution is -0.256. The van der Waals surface area contributed by atoms with Gasteiger partial charge in [0.15, 0.2) is 0 Å². The number of halogens is 2. The number of carbonyl (C=O) groups excluding carboxylic acids is 1. The topological polar surface area (TPSA) is 119 Å². The average molecular weight is 898 g/mol. The van der Waals surface area contributed by atoms with Gasteiger partial charge in [0.25, 0.3) is 0 Å². The Morgan fingerprint density at radius 1 is 0.984 bits per heavy atom. The number of aliphatic hydroxyl groups excluding tert-OH is 2. The van der Waals surface area contributed by atoms with E-state index in [0.717, 1.165) is 53.2 Å². The van der Waals surface area contributed by atoms with Gasteiger partial charge in [0.2, 0.25) is 5.79 Å². The first-order valence-electron chi connectivity index (χ1n) is 22.6. The second kappa shape index (κ2) is 21.4. The number of hydrogen-bond acceptors (Lipinski definition) is 9. The highest BCUT2D eigenvalue weighted by Crippen LogP contribution is 2.62. The zero-order chi connectivity index (χ0) is 45.3. The van der Waals surface area contributed by atoms with Crippen molar-refractivity contribution in [1.29, 1.82) is 0 Å². The standard InChI is InChI=1S/C52H62ClFN2O8/c1-5-28-62-52-47(56(50(59)60-29-25-53)33-37-19-14-18-35-15-6-8-20-40(35)37)32-45(55-64-51(2,3)4)42-30-36(16-10-12-26-57)41(21-11-13-27-58)48(49(42)52)43-31-39(23-24-46(43)63-52)61-34-38-17-7-9-22-44(38)54/h5-9,14-15,17-20,22-24,30-31,36,41,47-49,57-58H,1,10-13,16,21,25-29,32-34H2,2-4H3/t36-,41+,47-,48+,49+,52+/m0/s1. The molecule has 1 saturated carbocycles. The molecule has 10 nitrogen and oxygen atoms in total. The Bertz CT molecular complexity index is 2290. The predicted octanol–water partition coefficient (Wildman–Crippen LogP) is 10.9. The van der Waals surface area contributed by atoms with Crippen molar-refractivity contribution < 1.29 is 43.2 Å². The number of alkyl halides is 1. The van der Waals surface area contributed by atoms with Gasteiger partial charge in [-0.3, -0.25) is 4.90 Å². The highest BCUT2D eigenvalue weighted by molar-refractivity contribution is 6.18. The first-order valence-corrected chi connectivity index (χ1v) is 23.1. The summed E-state index contributed by atoms with van der Waals surface area (Å²) >= 11 is 6.16. The highest BCUT2D eigenvalue weighted by Gasteiger charge is 2.65. The summed E-state index contributed by atoms with van der Waals surface area (Å²) in [4.78, 5) is 22.8. The van der Waals surface area contributed by atoms with Crippen molar-refractivity contribution in [1.82, 2.24) is 4.90 Å². The van der Waals surface area contributed by atoms with Gasteiger partial charge in [-0.15, -0.1) is 18.2 Å². The third kappa shape index (κ3) is 10.4. The van der Waals surface area contributed by atoms with Crippen molar-refractivity contribution in [2.45, 2.75) is 102 Å².